The van der Waals surface area contributed by atoms with E-state index in [4.69, 9.17) is 11.6 Å². The minimum atomic E-state index is -0.240. The number of Topliss-reactive ketones (excluding diaryl/α,β-unsaturated/α-hetero) is 1. The summed E-state index contributed by atoms with van der Waals surface area (Å²) in [6.07, 6.45) is 3.94. The Morgan fingerprint density at radius 1 is 1.04 bits per heavy atom. The Bertz CT molecular complexity index is 811. The van der Waals surface area contributed by atoms with E-state index in [1.165, 1.54) is 5.56 Å². The van der Waals surface area contributed by atoms with Gasteiger partial charge in [-0.25, -0.2) is 0 Å². The fraction of sp³-hybridized carbons (Fsp3) is 0.143. The number of carbonyl (C=O) groups is 1. The first-order valence-electron chi connectivity index (χ1n) is 7.89. The normalized spacial score (nSPS) is 11.9. The second kappa shape index (κ2) is 7.41. The topological polar surface area (TPSA) is 30.0 Å². The van der Waals surface area contributed by atoms with Crippen molar-refractivity contribution in [1.82, 2.24) is 4.98 Å². The van der Waals surface area contributed by atoms with Crippen LogP contribution in [0, 0.1) is 6.92 Å². The zero-order chi connectivity index (χ0) is 16.9. The summed E-state index contributed by atoms with van der Waals surface area (Å²) in [4.78, 5) is 17.1. The minimum Gasteiger partial charge on any atom is -0.293 e. The van der Waals surface area contributed by atoms with Gasteiger partial charge in [-0.1, -0.05) is 53.6 Å². The van der Waals surface area contributed by atoms with E-state index in [1.54, 1.807) is 18.5 Å². The lowest BCUT2D eigenvalue weighted by molar-refractivity contribution is 0.0958. The standard InChI is InChI=1S/C21H18ClNO/c1-15-4-8-17(9-5-15)20(13-16-6-10-19(22)11-7-16)21(24)18-3-2-12-23-14-18/h2-12,14,20H,13H2,1H3. The molecule has 3 heteroatoms. The minimum absolute atomic E-state index is 0.0851. The van der Waals surface area contributed by atoms with Crippen LogP contribution >= 0.6 is 11.6 Å². The van der Waals surface area contributed by atoms with Gasteiger partial charge >= 0.3 is 0 Å². The molecule has 0 radical (unpaired) electrons. The van der Waals surface area contributed by atoms with Crippen molar-refractivity contribution in [3.05, 3.63) is 100 Å². The molecule has 0 aliphatic heterocycles. The van der Waals surface area contributed by atoms with Crippen LogP contribution in [0.5, 0.6) is 0 Å². The SMILES string of the molecule is Cc1ccc(C(Cc2ccc(Cl)cc2)C(=O)c2cccnc2)cc1. The second-order valence-electron chi connectivity index (χ2n) is 5.90. The molecule has 0 saturated carbocycles. The predicted molar refractivity (Wildman–Crippen MR) is 97.6 cm³/mol. The van der Waals surface area contributed by atoms with Gasteiger partial charge in [-0.05, 0) is 48.7 Å². The van der Waals surface area contributed by atoms with Crippen molar-refractivity contribution in [2.24, 2.45) is 0 Å². The van der Waals surface area contributed by atoms with Gasteiger partial charge in [-0.15, -0.1) is 0 Å². The van der Waals surface area contributed by atoms with Gasteiger partial charge in [0, 0.05) is 23.0 Å². The van der Waals surface area contributed by atoms with Crippen LogP contribution in [0.15, 0.2) is 73.1 Å². The summed E-state index contributed by atoms with van der Waals surface area (Å²) in [5.41, 5.74) is 3.92. The maximum atomic E-state index is 13.0. The number of halogens is 1. The van der Waals surface area contributed by atoms with Crippen LogP contribution in [0.25, 0.3) is 0 Å². The molecule has 0 fully saturated rings. The van der Waals surface area contributed by atoms with Crippen LogP contribution in [-0.4, -0.2) is 10.8 Å². The van der Waals surface area contributed by atoms with Crippen LogP contribution in [0.3, 0.4) is 0 Å². The van der Waals surface area contributed by atoms with Gasteiger partial charge in [0.25, 0.3) is 0 Å². The Morgan fingerprint density at radius 3 is 2.38 bits per heavy atom. The lowest BCUT2D eigenvalue weighted by Gasteiger charge is -2.17. The van der Waals surface area contributed by atoms with E-state index in [0.717, 1.165) is 11.1 Å². The van der Waals surface area contributed by atoms with Crippen molar-refractivity contribution in [1.29, 1.82) is 0 Å². The first-order valence-corrected chi connectivity index (χ1v) is 8.26. The molecule has 0 amide bonds. The first kappa shape index (κ1) is 16.4. The first-order chi connectivity index (χ1) is 11.6. The lowest BCUT2D eigenvalue weighted by atomic mass is 9.85. The predicted octanol–water partition coefficient (Wildman–Crippen LogP) is 5.25. The maximum Gasteiger partial charge on any atom is 0.172 e. The molecule has 0 bridgehead atoms. The van der Waals surface area contributed by atoms with Gasteiger partial charge < -0.3 is 0 Å². The summed E-state index contributed by atoms with van der Waals surface area (Å²) >= 11 is 5.97. The third-order valence-corrected chi connectivity index (χ3v) is 4.35. The van der Waals surface area contributed by atoms with Crippen molar-refractivity contribution in [3.63, 3.8) is 0 Å². The highest BCUT2D eigenvalue weighted by Crippen LogP contribution is 2.26. The molecule has 1 heterocycles. The van der Waals surface area contributed by atoms with Crippen molar-refractivity contribution >= 4 is 17.4 Å². The van der Waals surface area contributed by atoms with Gasteiger partial charge in [0.2, 0.25) is 0 Å². The summed E-state index contributed by atoms with van der Waals surface area (Å²) in [5, 5.41) is 0.698. The van der Waals surface area contributed by atoms with Crippen molar-refractivity contribution in [3.8, 4) is 0 Å². The zero-order valence-electron chi connectivity index (χ0n) is 13.4. The average Bonchev–Trinajstić information content (AvgIpc) is 2.62. The summed E-state index contributed by atoms with van der Waals surface area (Å²) in [6, 6.07) is 19.4. The van der Waals surface area contributed by atoms with Crippen LogP contribution in [0.4, 0.5) is 0 Å². The number of nitrogens with zero attached hydrogens (tertiary/aromatic N) is 1. The van der Waals surface area contributed by atoms with Gasteiger partial charge in [0.1, 0.15) is 0 Å². The Morgan fingerprint density at radius 2 is 1.75 bits per heavy atom. The number of rotatable bonds is 5. The molecule has 0 spiro atoms. The van der Waals surface area contributed by atoms with Crippen LogP contribution in [0.2, 0.25) is 5.02 Å². The molecule has 24 heavy (non-hydrogen) atoms. The van der Waals surface area contributed by atoms with Crippen LogP contribution in [0.1, 0.15) is 33.0 Å². The molecule has 0 saturated heterocycles. The van der Waals surface area contributed by atoms with Crippen molar-refractivity contribution in [2.75, 3.05) is 0 Å². The summed E-state index contributed by atoms with van der Waals surface area (Å²) in [6.45, 7) is 2.04. The number of ketones is 1. The van der Waals surface area contributed by atoms with Crippen molar-refractivity contribution < 1.29 is 4.79 Å². The molecule has 0 aliphatic rings. The molecule has 2 aromatic carbocycles. The van der Waals surface area contributed by atoms with Gasteiger partial charge in [0.05, 0.1) is 5.92 Å². The molecule has 0 N–H and O–H groups in total. The van der Waals surface area contributed by atoms with Crippen molar-refractivity contribution in [2.45, 2.75) is 19.3 Å². The van der Waals surface area contributed by atoms with E-state index in [-0.39, 0.29) is 11.7 Å². The van der Waals surface area contributed by atoms with Gasteiger partial charge in [0.15, 0.2) is 5.78 Å². The maximum absolute atomic E-state index is 13.0. The number of hydrogen-bond acceptors (Lipinski definition) is 2. The Labute approximate surface area is 147 Å². The fourth-order valence-electron chi connectivity index (χ4n) is 2.73. The van der Waals surface area contributed by atoms with Gasteiger partial charge in [-0.3, -0.25) is 9.78 Å². The number of hydrogen-bond donors (Lipinski definition) is 0. The number of aryl methyl sites for hydroxylation is 1. The smallest absolute Gasteiger partial charge is 0.172 e. The van der Waals surface area contributed by atoms with E-state index in [9.17, 15) is 4.79 Å². The number of pyridine rings is 1. The number of aromatic nitrogens is 1. The molecular formula is C21H18ClNO. The van der Waals surface area contributed by atoms with Gasteiger partial charge in [-0.2, -0.15) is 0 Å². The van der Waals surface area contributed by atoms with Crippen LogP contribution in [-0.2, 0) is 6.42 Å². The summed E-state index contributed by atoms with van der Waals surface area (Å²) in [7, 11) is 0. The molecule has 0 aliphatic carbocycles. The second-order valence-corrected chi connectivity index (χ2v) is 6.34. The highest BCUT2D eigenvalue weighted by Gasteiger charge is 2.22. The van der Waals surface area contributed by atoms with Crippen LogP contribution < -0.4 is 0 Å². The molecule has 3 aromatic rings. The molecule has 1 unspecified atom stereocenters. The molecule has 1 atom stereocenters. The third kappa shape index (κ3) is 3.90. The molecular weight excluding hydrogens is 318 g/mol. The number of carbonyl (C=O) groups excluding carboxylic acids is 1. The largest absolute Gasteiger partial charge is 0.293 e. The molecule has 2 nitrogen and oxygen atoms in total. The van der Waals surface area contributed by atoms with E-state index >= 15 is 0 Å². The highest BCUT2D eigenvalue weighted by atomic mass is 35.5. The monoisotopic (exact) mass is 335 g/mol. The van der Waals surface area contributed by atoms with E-state index in [1.807, 2.05) is 61.5 Å². The molecule has 120 valence electrons. The Hall–Kier alpha value is -2.45. The Kier molecular flexibility index (Phi) is 5.07. The zero-order valence-corrected chi connectivity index (χ0v) is 14.2. The Balaban J connectivity index is 1.95. The lowest BCUT2D eigenvalue weighted by Crippen LogP contribution is -2.16. The van der Waals surface area contributed by atoms with E-state index in [0.29, 0.717) is 17.0 Å². The summed E-state index contributed by atoms with van der Waals surface area (Å²) < 4.78 is 0. The quantitative estimate of drug-likeness (QED) is 0.596. The molecule has 1 aromatic heterocycles. The fourth-order valence-corrected chi connectivity index (χ4v) is 2.85. The van der Waals surface area contributed by atoms with E-state index in [2.05, 4.69) is 4.98 Å². The highest BCUT2D eigenvalue weighted by molar-refractivity contribution is 6.30. The number of benzene rings is 2. The summed E-state index contributed by atoms with van der Waals surface area (Å²) in [5.74, 6) is -0.155. The molecule has 3 rings (SSSR count). The average molecular weight is 336 g/mol. The third-order valence-electron chi connectivity index (χ3n) is 4.10. The van der Waals surface area contributed by atoms with E-state index < -0.39 is 0 Å².